The average molecular weight is 571 g/mol. The third kappa shape index (κ3) is 5.93. The molecule has 212 valence electrons. The van der Waals surface area contributed by atoms with E-state index in [0.717, 1.165) is 61.5 Å². The Bertz CT molecular complexity index is 1950. The molecule has 1 aromatic heterocycles. The molecule has 0 saturated heterocycles. The maximum atomic E-state index is 9.56. The molecule has 1 heterocycles. The second-order valence-electron chi connectivity index (χ2n) is 10.5. The zero-order valence-electron chi connectivity index (χ0n) is 24.4. The lowest BCUT2D eigenvalue weighted by atomic mass is 9.79. The predicted octanol–water partition coefficient (Wildman–Crippen LogP) is 8.17. The van der Waals surface area contributed by atoms with Gasteiger partial charge in [0.1, 0.15) is 0 Å². The summed E-state index contributed by atoms with van der Waals surface area (Å²) >= 11 is 0. The molecule has 0 radical (unpaired) electrons. The Morgan fingerprint density at radius 2 is 1.18 bits per heavy atom. The van der Waals surface area contributed by atoms with E-state index >= 15 is 0 Å². The second kappa shape index (κ2) is 12.9. The summed E-state index contributed by atoms with van der Waals surface area (Å²) in [6.07, 6.45) is 5.97. The minimum atomic E-state index is -1.51. The SMILES string of the molecule is C=Cc1c(-c2ccc(B(O)O)cc2)ccc(-c2cc(-c3cccc(-c4ccccc4)c3)nc(-c3ccccc3)n2)c1/C=C\C. The molecule has 6 aromatic rings. The van der Waals surface area contributed by atoms with Gasteiger partial charge in [0.25, 0.3) is 0 Å². The Kier molecular flexibility index (Phi) is 8.42. The van der Waals surface area contributed by atoms with Crippen LogP contribution in [0.1, 0.15) is 18.1 Å². The van der Waals surface area contributed by atoms with Crippen molar-refractivity contribution < 1.29 is 10.0 Å². The van der Waals surface area contributed by atoms with E-state index in [1.165, 1.54) is 0 Å². The lowest BCUT2D eigenvalue weighted by Gasteiger charge is -2.17. The van der Waals surface area contributed by atoms with Crippen LogP contribution in [0, 0.1) is 0 Å². The van der Waals surface area contributed by atoms with Crippen LogP contribution in [0.5, 0.6) is 0 Å². The minimum absolute atomic E-state index is 0.442. The fourth-order valence-electron chi connectivity index (χ4n) is 5.45. The van der Waals surface area contributed by atoms with Gasteiger partial charge in [-0.25, -0.2) is 9.97 Å². The van der Waals surface area contributed by atoms with Gasteiger partial charge in [-0.3, -0.25) is 0 Å². The molecule has 0 aliphatic carbocycles. The van der Waals surface area contributed by atoms with Crippen molar-refractivity contribution in [2.75, 3.05) is 0 Å². The molecule has 2 N–H and O–H groups in total. The zero-order chi connectivity index (χ0) is 30.5. The Hall–Kier alpha value is -5.36. The van der Waals surface area contributed by atoms with E-state index in [9.17, 15) is 10.0 Å². The lowest BCUT2D eigenvalue weighted by Crippen LogP contribution is -2.29. The molecule has 6 rings (SSSR count). The van der Waals surface area contributed by atoms with Crippen molar-refractivity contribution in [1.82, 2.24) is 9.97 Å². The van der Waals surface area contributed by atoms with Crippen molar-refractivity contribution in [3.63, 3.8) is 0 Å². The molecular weight excluding hydrogens is 539 g/mol. The topological polar surface area (TPSA) is 66.2 Å². The van der Waals surface area contributed by atoms with E-state index < -0.39 is 7.12 Å². The smallest absolute Gasteiger partial charge is 0.423 e. The van der Waals surface area contributed by atoms with Gasteiger partial charge in [0.05, 0.1) is 11.4 Å². The minimum Gasteiger partial charge on any atom is -0.423 e. The van der Waals surface area contributed by atoms with Crippen LogP contribution in [0.4, 0.5) is 0 Å². The number of rotatable bonds is 8. The molecule has 44 heavy (non-hydrogen) atoms. The van der Waals surface area contributed by atoms with Crippen LogP contribution in [0.15, 0.2) is 140 Å². The summed E-state index contributed by atoms with van der Waals surface area (Å²) in [4.78, 5) is 10.1. The molecule has 5 aromatic carbocycles. The number of nitrogens with zero attached hydrogens (tertiary/aromatic N) is 2. The Morgan fingerprint density at radius 1 is 0.568 bits per heavy atom. The fraction of sp³-hybridized carbons (Fsp3) is 0.0256. The summed E-state index contributed by atoms with van der Waals surface area (Å²) < 4.78 is 0. The largest absolute Gasteiger partial charge is 0.488 e. The first kappa shape index (κ1) is 28.8. The van der Waals surface area contributed by atoms with Crippen LogP contribution in [0.3, 0.4) is 0 Å². The van der Waals surface area contributed by atoms with Crippen molar-refractivity contribution in [3.05, 3.63) is 151 Å². The maximum Gasteiger partial charge on any atom is 0.488 e. The molecule has 0 fully saturated rings. The molecule has 0 atom stereocenters. The van der Waals surface area contributed by atoms with Crippen molar-refractivity contribution >= 4 is 24.7 Å². The van der Waals surface area contributed by atoms with Gasteiger partial charge in [-0.2, -0.15) is 0 Å². The highest BCUT2D eigenvalue weighted by Crippen LogP contribution is 2.37. The van der Waals surface area contributed by atoms with Gasteiger partial charge >= 0.3 is 7.12 Å². The van der Waals surface area contributed by atoms with E-state index in [2.05, 4.69) is 67.3 Å². The van der Waals surface area contributed by atoms with Gasteiger partial charge in [-0.05, 0) is 57.9 Å². The summed E-state index contributed by atoms with van der Waals surface area (Å²) in [6, 6.07) is 42.3. The van der Waals surface area contributed by atoms with Gasteiger partial charge in [0.15, 0.2) is 5.82 Å². The number of hydrogen-bond acceptors (Lipinski definition) is 4. The number of aromatic nitrogens is 2. The van der Waals surface area contributed by atoms with Gasteiger partial charge in [0, 0.05) is 16.7 Å². The average Bonchev–Trinajstić information content (AvgIpc) is 3.09. The summed E-state index contributed by atoms with van der Waals surface area (Å²) in [7, 11) is -1.51. The maximum absolute atomic E-state index is 9.56. The van der Waals surface area contributed by atoms with Crippen LogP contribution < -0.4 is 5.46 Å². The standard InChI is InChI=1S/C39H31BN2O2/c1-3-12-35-33(4-2)34(28-19-21-32(22-20-28)40(43)44)23-24-36(35)38-26-37(41-39(42-38)29-15-9-6-10-16-29)31-18-11-17-30(25-31)27-13-7-5-8-14-27/h3-26,43-44H,2H2,1H3/b12-3-. The van der Waals surface area contributed by atoms with E-state index in [0.29, 0.717) is 11.3 Å². The van der Waals surface area contributed by atoms with Gasteiger partial charge in [-0.1, -0.05) is 140 Å². The summed E-state index contributed by atoms with van der Waals surface area (Å²) in [5.74, 6) is 0.650. The molecular formula is C39H31BN2O2. The van der Waals surface area contributed by atoms with Crippen LogP contribution >= 0.6 is 0 Å². The highest BCUT2D eigenvalue weighted by molar-refractivity contribution is 6.58. The lowest BCUT2D eigenvalue weighted by molar-refractivity contribution is 0.426. The Labute approximate surface area is 258 Å². The van der Waals surface area contributed by atoms with Crippen LogP contribution in [0.25, 0.3) is 68.3 Å². The first-order valence-electron chi connectivity index (χ1n) is 14.5. The molecule has 4 nitrogen and oxygen atoms in total. The summed E-state index contributed by atoms with van der Waals surface area (Å²) in [5, 5.41) is 19.1. The first-order chi connectivity index (χ1) is 21.6. The third-order valence-corrected chi connectivity index (χ3v) is 7.64. The fourth-order valence-corrected chi connectivity index (χ4v) is 5.45. The van der Waals surface area contributed by atoms with E-state index in [-0.39, 0.29) is 0 Å². The third-order valence-electron chi connectivity index (χ3n) is 7.64. The number of benzene rings is 5. The highest BCUT2D eigenvalue weighted by Gasteiger charge is 2.17. The number of hydrogen-bond donors (Lipinski definition) is 2. The predicted molar refractivity (Wildman–Crippen MR) is 184 cm³/mol. The normalized spacial score (nSPS) is 11.1. The van der Waals surface area contributed by atoms with Crippen molar-refractivity contribution in [2.24, 2.45) is 0 Å². The first-order valence-corrected chi connectivity index (χ1v) is 14.5. The van der Waals surface area contributed by atoms with E-state index in [4.69, 9.17) is 9.97 Å². The molecule has 5 heteroatoms. The van der Waals surface area contributed by atoms with Gasteiger partial charge < -0.3 is 10.0 Å². The Balaban J connectivity index is 1.54. The monoisotopic (exact) mass is 570 g/mol. The summed E-state index contributed by atoms with van der Waals surface area (Å²) in [6.45, 7) is 6.16. The number of allylic oxidation sites excluding steroid dienone is 1. The molecule has 0 amide bonds. The van der Waals surface area contributed by atoms with Crippen molar-refractivity contribution in [1.29, 1.82) is 0 Å². The van der Waals surface area contributed by atoms with E-state index in [1.54, 1.807) is 12.1 Å². The second-order valence-corrected chi connectivity index (χ2v) is 10.5. The van der Waals surface area contributed by atoms with E-state index in [1.807, 2.05) is 79.7 Å². The molecule has 0 aliphatic rings. The molecule has 0 spiro atoms. The molecule has 0 aliphatic heterocycles. The van der Waals surface area contributed by atoms with Crippen molar-refractivity contribution in [3.8, 4) is 56.2 Å². The van der Waals surface area contributed by atoms with Crippen LogP contribution in [0.2, 0.25) is 0 Å². The van der Waals surface area contributed by atoms with Gasteiger partial charge in [0.2, 0.25) is 0 Å². The van der Waals surface area contributed by atoms with Crippen molar-refractivity contribution in [2.45, 2.75) is 6.92 Å². The summed E-state index contributed by atoms with van der Waals surface area (Å²) in [5.41, 5.74) is 11.2. The molecule has 0 unspecified atom stereocenters. The zero-order valence-corrected chi connectivity index (χ0v) is 24.4. The molecule has 0 saturated carbocycles. The van der Waals surface area contributed by atoms with Gasteiger partial charge in [-0.15, -0.1) is 0 Å². The van der Waals surface area contributed by atoms with Crippen LogP contribution in [-0.4, -0.2) is 27.1 Å². The quantitative estimate of drug-likeness (QED) is 0.181. The highest BCUT2D eigenvalue weighted by atomic mass is 16.4. The Morgan fingerprint density at radius 3 is 1.84 bits per heavy atom. The molecule has 0 bridgehead atoms. The van der Waals surface area contributed by atoms with Crippen LogP contribution in [-0.2, 0) is 0 Å².